The number of hydrogen-bond acceptors (Lipinski definition) is 5. The summed E-state index contributed by atoms with van der Waals surface area (Å²) in [4.78, 5) is 30.5. The van der Waals surface area contributed by atoms with Crippen molar-refractivity contribution in [3.63, 3.8) is 0 Å². The van der Waals surface area contributed by atoms with Gasteiger partial charge in [-0.25, -0.2) is 4.98 Å². The summed E-state index contributed by atoms with van der Waals surface area (Å²) >= 11 is 0. The highest BCUT2D eigenvalue weighted by Crippen LogP contribution is 2.21. The first-order valence-electron chi connectivity index (χ1n) is 7.49. The number of benzene rings is 2. The van der Waals surface area contributed by atoms with Crippen LogP contribution in [0.5, 0.6) is 0 Å². The van der Waals surface area contributed by atoms with Crippen molar-refractivity contribution in [2.24, 2.45) is 0 Å². The number of carbonyl (C=O) groups excluding carboxylic acids is 1. The van der Waals surface area contributed by atoms with Gasteiger partial charge in [-0.05, 0) is 36.4 Å². The molecule has 0 atom stereocenters. The lowest BCUT2D eigenvalue weighted by Gasteiger charge is -2.04. The number of carbonyl (C=O) groups is 1. The molecule has 1 heterocycles. The highest BCUT2D eigenvalue weighted by atomic mass is 16.6. The Kier molecular flexibility index (Phi) is 4.47. The number of rotatable bonds is 4. The summed E-state index contributed by atoms with van der Waals surface area (Å²) in [6.07, 6.45) is 4.89. The molecular formula is C18H14N4O3. The zero-order valence-electron chi connectivity index (χ0n) is 13.3. The van der Waals surface area contributed by atoms with Gasteiger partial charge >= 0.3 is 0 Å². The van der Waals surface area contributed by atoms with Crippen LogP contribution in [0, 0.1) is 10.1 Å². The van der Waals surface area contributed by atoms with E-state index >= 15 is 0 Å². The molecule has 7 nitrogen and oxygen atoms in total. The lowest BCUT2D eigenvalue weighted by molar-refractivity contribution is -0.385. The largest absolute Gasteiger partial charge is 0.326 e. The van der Waals surface area contributed by atoms with E-state index in [0.29, 0.717) is 28.0 Å². The lowest BCUT2D eigenvalue weighted by Crippen LogP contribution is -2.05. The van der Waals surface area contributed by atoms with Crippen LogP contribution in [-0.4, -0.2) is 20.8 Å². The molecule has 3 aromatic rings. The van der Waals surface area contributed by atoms with Gasteiger partial charge < -0.3 is 5.32 Å². The molecule has 0 saturated heterocycles. The van der Waals surface area contributed by atoms with Crippen LogP contribution < -0.4 is 5.32 Å². The Labute approximate surface area is 143 Å². The van der Waals surface area contributed by atoms with Crippen LogP contribution in [0.2, 0.25) is 0 Å². The molecule has 0 aliphatic rings. The minimum atomic E-state index is -0.421. The molecule has 0 unspecified atom stereocenters. The van der Waals surface area contributed by atoms with E-state index in [0.717, 1.165) is 0 Å². The van der Waals surface area contributed by atoms with Crippen molar-refractivity contribution in [3.8, 4) is 0 Å². The quantitative estimate of drug-likeness (QED) is 0.580. The zero-order valence-corrected chi connectivity index (χ0v) is 13.3. The second-order valence-corrected chi connectivity index (χ2v) is 5.33. The summed E-state index contributed by atoms with van der Waals surface area (Å²) in [5, 5.41) is 13.7. The van der Waals surface area contributed by atoms with Crippen molar-refractivity contribution in [3.05, 3.63) is 70.0 Å². The van der Waals surface area contributed by atoms with Gasteiger partial charge in [-0.15, -0.1) is 0 Å². The van der Waals surface area contributed by atoms with E-state index in [4.69, 9.17) is 0 Å². The summed E-state index contributed by atoms with van der Waals surface area (Å²) in [5.41, 5.74) is 3.08. The summed E-state index contributed by atoms with van der Waals surface area (Å²) in [7, 11) is 0. The molecule has 1 amide bonds. The molecular weight excluding hydrogens is 320 g/mol. The van der Waals surface area contributed by atoms with Crippen LogP contribution in [0.15, 0.2) is 48.7 Å². The molecule has 0 aliphatic heterocycles. The number of anilines is 1. The number of aromatic nitrogens is 2. The van der Waals surface area contributed by atoms with Gasteiger partial charge in [0.15, 0.2) is 0 Å². The van der Waals surface area contributed by atoms with Gasteiger partial charge in [0.1, 0.15) is 0 Å². The molecule has 0 radical (unpaired) electrons. The molecule has 0 bridgehead atoms. The van der Waals surface area contributed by atoms with Crippen LogP contribution in [0.25, 0.3) is 23.2 Å². The number of fused-ring (bicyclic) bond motifs is 1. The van der Waals surface area contributed by atoms with E-state index in [2.05, 4.69) is 15.3 Å². The van der Waals surface area contributed by atoms with Crippen LogP contribution in [0.3, 0.4) is 0 Å². The van der Waals surface area contributed by atoms with Crippen LogP contribution in [0.4, 0.5) is 11.4 Å². The lowest BCUT2D eigenvalue weighted by atomic mass is 10.1. The Morgan fingerprint density at radius 3 is 2.72 bits per heavy atom. The topological polar surface area (TPSA) is 98.0 Å². The van der Waals surface area contributed by atoms with Gasteiger partial charge in [-0.3, -0.25) is 19.9 Å². The van der Waals surface area contributed by atoms with Gasteiger partial charge in [0.25, 0.3) is 5.69 Å². The fourth-order valence-corrected chi connectivity index (χ4v) is 2.36. The summed E-state index contributed by atoms with van der Waals surface area (Å²) in [5.74, 6) is -0.156. The number of nitrogens with one attached hydrogen (secondary N) is 1. The first-order chi connectivity index (χ1) is 12.0. The number of para-hydroxylation sites is 1. The smallest absolute Gasteiger partial charge is 0.276 e. The van der Waals surface area contributed by atoms with E-state index < -0.39 is 4.92 Å². The molecule has 0 fully saturated rings. The first kappa shape index (κ1) is 16.3. The van der Waals surface area contributed by atoms with E-state index in [-0.39, 0.29) is 11.6 Å². The Morgan fingerprint density at radius 2 is 1.96 bits per heavy atom. The average molecular weight is 334 g/mol. The molecule has 7 heteroatoms. The first-order valence-corrected chi connectivity index (χ1v) is 7.49. The Hall–Kier alpha value is -3.61. The predicted octanol–water partition coefficient (Wildman–Crippen LogP) is 3.67. The highest BCUT2D eigenvalue weighted by Gasteiger charge is 2.09. The minimum absolute atomic E-state index is 0.0347. The number of nitrogens with zero attached hydrogens (tertiary/aromatic N) is 3. The molecule has 2 aromatic carbocycles. The monoisotopic (exact) mass is 334 g/mol. The molecule has 1 aromatic heterocycles. The predicted molar refractivity (Wildman–Crippen MR) is 95.9 cm³/mol. The molecule has 1 N–H and O–H groups in total. The maximum Gasteiger partial charge on any atom is 0.276 e. The van der Waals surface area contributed by atoms with Crippen molar-refractivity contribution in [2.45, 2.75) is 6.92 Å². The standard InChI is InChI=1S/C18H14N4O3/c1-12(23)20-14-8-9-16-17(10-14)19-11-15(21-16)7-6-13-4-2-3-5-18(13)22(24)25/h2-11H,1H3,(H,20,23)/b7-6+. The van der Waals surface area contributed by atoms with Crippen LogP contribution in [0.1, 0.15) is 18.2 Å². The number of nitro benzene ring substituents is 1. The van der Waals surface area contributed by atoms with E-state index in [1.807, 2.05) is 0 Å². The third-order valence-electron chi connectivity index (χ3n) is 3.45. The summed E-state index contributed by atoms with van der Waals surface area (Å²) < 4.78 is 0. The molecule has 124 valence electrons. The van der Waals surface area contributed by atoms with E-state index in [9.17, 15) is 14.9 Å². The van der Waals surface area contributed by atoms with Crippen LogP contribution in [-0.2, 0) is 4.79 Å². The fraction of sp³-hybridized carbons (Fsp3) is 0.0556. The second kappa shape index (κ2) is 6.88. The van der Waals surface area contributed by atoms with Crippen molar-refractivity contribution in [2.75, 3.05) is 5.32 Å². The average Bonchev–Trinajstić information content (AvgIpc) is 2.59. The van der Waals surface area contributed by atoms with Gasteiger partial charge in [0, 0.05) is 18.7 Å². The number of hydrogen-bond donors (Lipinski definition) is 1. The van der Waals surface area contributed by atoms with Gasteiger partial charge in [0.05, 0.1) is 33.4 Å². The van der Waals surface area contributed by atoms with Crippen molar-refractivity contribution < 1.29 is 9.72 Å². The van der Waals surface area contributed by atoms with Gasteiger partial charge in [-0.2, -0.15) is 0 Å². The Morgan fingerprint density at radius 1 is 1.16 bits per heavy atom. The third-order valence-corrected chi connectivity index (χ3v) is 3.45. The van der Waals surface area contributed by atoms with E-state index in [1.165, 1.54) is 13.0 Å². The molecule has 0 saturated carbocycles. The van der Waals surface area contributed by atoms with Crippen LogP contribution >= 0.6 is 0 Å². The van der Waals surface area contributed by atoms with Gasteiger partial charge in [0.2, 0.25) is 5.91 Å². The highest BCUT2D eigenvalue weighted by molar-refractivity contribution is 5.91. The fourth-order valence-electron chi connectivity index (χ4n) is 2.36. The normalized spacial score (nSPS) is 10.9. The summed E-state index contributed by atoms with van der Waals surface area (Å²) in [6.45, 7) is 1.44. The number of amides is 1. The SMILES string of the molecule is CC(=O)Nc1ccc2nc(/C=C/c3ccccc3[N+](=O)[O-])cnc2c1. The third kappa shape index (κ3) is 3.84. The van der Waals surface area contributed by atoms with Crippen molar-refractivity contribution >= 4 is 40.5 Å². The number of nitro groups is 1. The van der Waals surface area contributed by atoms with Crippen molar-refractivity contribution in [1.82, 2.24) is 9.97 Å². The maximum atomic E-state index is 11.1. The van der Waals surface area contributed by atoms with Gasteiger partial charge in [-0.1, -0.05) is 12.1 Å². The maximum absolute atomic E-state index is 11.1. The Bertz CT molecular complexity index is 999. The minimum Gasteiger partial charge on any atom is -0.326 e. The molecule has 0 spiro atoms. The summed E-state index contributed by atoms with van der Waals surface area (Å²) in [6, 6.07) is 11.7. The Balaban J connectivity index is 1.90. The zero-order chi connectivity index (χ0) is 17.8. The molecule has 0 aliphatic carbocycles. The molecule has 3 rings (SSSR count). The van der Waals surface area contributed by atoms with E-state index in [1.54, 1.807) is 54.7 Å². The molecule has 25 heavy (non-hydrogen) atoms. The van der Waals surface area contributed by atoms with Crippen molar-refractivity contribution in [1.29, 1.82) is 0 Å². The second-order valence-electron chi connectivity index (χ2n) is 5.33.